The van der Waals surface area contributed by atoms with Crippen LogP contribution in [0, 0.1) is 0 Å². The van der Waals surface area contributed by atoms with Crippen molar-refractivity contribution in [1.82, 2.24) is 4.90 Å². The van der Waals surface area contributed by atoms with Crippen LogP contribution in [-0.2, 0) is 13.6 Å². The monoisotopic (exact) mass is 291 g/mol. The summed E-state index contributed by atoms with van der Waals surface area (Å²) in [4.78, 5) is 2.37. The Morgan fingerprint density at radius 1 is 0.895 bits per heavy atom. The van der Waals surface area contributed by atoms with E-state index in [2.05, 4.69) is 25.3 Å². The van der Waals surface area contributed by atoms with Crippen LogP contribution in [0.15, 0.2) is 0 Å². The molecule has 0 saturated carbocycles. The van der Waals surface area contributed by atoms with Gasteiger partial charge in [0.1, 0.15) is 0 Å². The van der Waals surface area contributed by atoms with Gasteiger partial charge >= 0.3 is 8.56 Å². The highest BCUT2D eigenvalue weighted by Crippen LogP contribution is 2.15. The van der Waals surface area contributed by atoms with Crippen LogP contribution in [0.3, 0.4) is 0 Å². The van der Waals surface area contributed by atoms with Crippen LogP contribution in [0.1, 0.15) is 34.1 Å². The molecule has 0 unspecified atom stereocenters. The Bertz CT molecular complexity index is 195. The summed E-state index contributed by atoms with van der Waals surface area (Å²) in [6.07, 6.45) is 1.03. The summed E-state index contributed by atoms with van der Waals surface area (Å²) in [5, 5.41) is 0. The average Bonchev–Trinajstić information content (AvgIpc) is 2.38. The molecule has 0 aromatic carbocycles. The predicted molar refractivity (Wildman–Crippen MR) is 82.9 cm³/mol. The highest BCUT2D eigenvalue weighted by molar-refractivity contribution is 6.66. The van der Waals surface area contributed by atoms with Gasteiger partial charge < -0.3 is 18.5 Å². The summed E-state index contributed by atoms with van der Waals surface area (Å²) in [5.74, 6) is 0. The summed E-state index contributed by atoms with van der Waals surface area (Å²) in [5.41, 5.74) is 0. The molecule has 0 aromatic rings. The lowest BCUT2D eigenvalue weighted by Gasteiger charge is -2.25. The number of ether oxygens (including phenoxy) is 1. The van der Waals surface area contributed by atoms with Crippen molar-refractivity contribution in [3.63, 3.8) is 0 Å². The molecular formula is C14H33NO3Si. The van der Waals surface area contributed by atoms with Crippen LogP contribution in [0.25, 0.3) is 0 Å². The Labute approximate surface area is 120 Å². The second-order valence-corrected chi connectivity index (χ2v) is 8.09. The first-order chi connectivity index (χ1) is 9.11. The Morgan fingerprint density at radius 3 is 1.95 bits per heavy atom. The van der Waals surface area contributed by atoms with E-state index < -0.39 is 8.56 Å². The van der Waals surface area contributed by atoms with Gasteiger partial charge in [0.25, 0.3) is 0 Å². The standard InChI is InChI=1S/C14H33NO3Si/c1-6-15(7-2)11-13-16-12-10-14-19(5,17-8-3)18-9-4/h6-14H2,1-5H3. The summed E-state index contributed by atoms with van der Waals surface area (Å²) >= 11 is 0. The average molecular weight is 292 g/mol. The molecule has 0 N–H and O–H groups in total. The molecule has 0 atom stereocenters. The number of hydrogen-bond donors (Lipinski definition) is 0. The Kier molecular flexibility index (Phi) is 11.9. The van der Waals surface area contributed by atoms with Gasteiger partial charge in [-0.3, -0.25) is 0 Å². The van der Waals surface area contributed by atoms with Gasteiger partial charge in [0.15, 0.2) is 0 Å². The molecule has 0 spiro atoms. The lowest BCUT2D eigenvalue weighted by atomic mass is 10.5. The molecule has 0 rings (SSSR count). The molecule has 0 aliphatic rings. The summed E-state index contributed by atoms with van der Waals surface area (Å²) in [6.45, 7) is 16.9. The van der Waals surface area contributed by atoms with E-state index in [4.69, 9.17) is 13.6 Å². The fourth-order valence-corrected chi connectivity index (χ4v) is 4.51. The van der Waals surface area contributed by atoms with Crippen LogP contribution in [0.2, 0.25) is 12.6 Å². The van der Waals surface area contributed by atoms with Crippen molar-refractivity contribution in [3.8, 4) is 0 Å². The quantitative estimate of drug-likeness (QED) is 0.386. The molecule has 0 fully saturated rings. The maximum absolute atomic E-state index is 5.80. The molecular weight excluding hydrogens is 258 g/mol. The minimum Gasteiger partial charge on any atom is -0.395 e. The molecule has 0 radical (unpaired) electrons. The molecule has 0 amide bonds. The van der Waals surface area contributed by atoms with Gasteiger partial charge in [-0.15, -0.1) is 0 Å². The molecule has 4 nitrogen and oxygen atoms in total. The molecule has 0 aliphatic heterocycles. The second-order valence-electron chi connectivity index (χ2n) is 4.74. The first-order valence-electron chi connectivity index (χ1n) is 7.69. The highest BCUT2D eigenvalue weighted by Gasteiger charge is 2.29. The van der Waals surface area contributed by atoms with Crippen molar-refractivity contribution in [1.29, 1.82) is 0 Å². The summed E-state index contributed by atoms with van der Waals surface area (Å²) in [6, 6.07) is 1.01. The van der Waals surface area contributed by atoms with Crippen LogP contribution in [-0.4, -0.2) is 59.5 Å². The molecule has 0 heterocycles. The number of hydrogen-bond acceptors (Lipinski definition) is 4. The Hall–Kier alpha value is 0.0569. The van der Waals surface area contributed by atoms with Gasteiger partial charge in [0, 0.05) is 26.4 Å². The van der Waals surface area contributed by atoms with Crippen LogP contribution < -0.4 is 0 Å². The molecule has 116 valence electrons. The van der Waals surface area contributed by atoms with Crippen molar-refractivity contribution in [2.45, 2.75) is 46.7 Å². The van der Waals surface area contributed by atoms with E-state index in [9.17, 15) is 0 Å². The van der Waals surface area contributed by atoms with Crippen molar-refractivity contribution in [3.05, 3.63) is 0 Å². The molecule has 0 aromatic heterocycles. The number of likely N-dealkylation sites (N-methyl/N-ethyl adjacent to an activating group) is 1. The van der Waals surface area contributed by atoms with Gasteiger partial charge in [-0.05, 0) is 45.9 Å². The fraction of sp³-hybridized carbons (Fsp3) is 1.00. The van der Waals surface area contributed by atoms with Gasteiger partial charge in [-0.2, -0.15) is 0 Å². The third kappa shape index (κ3) is 9.57. The summed E-state index contributed by atoms with van der Waals surface area (Å²) < 4.78 is 17.3. The first-order valence-corrected chi connectivity index (χ1v) is 10.2. The van der Waals surface area contributed by atoms with E-state index in [1.54, 1.807) is 0 Å². The van der Waals surface area contributed by atoms with E-state index in [0.29, 0.717) is 0 Å². The smallest absolute Gasteiger partial charge is 0.334 e. The SMILES string of the molecule is CCO[Si](C)(CCCOCCN(CC)CC)OCC. The van der Waals surface area contributed by atoms with Gasteiger partial charge in [0.05, 0.1) is 6.61 Å². The number of rotatable bonds is 13. The van der Waals surface area contributed by atoms with E-state index in [-0.39, 0.29) is 0 Å². The van der Waals surface area contributed by atoms with Crippen molar-refractivity contribution < 1.29 is 13.6 Å². The zero-order valence-corrected chi connectivity index (χ0v) is 14.5. The van der Waals surface area contributed by atoms with E-state index in [1.165, 1.54) is 0 Å². The molecule has 0 bridgehead atoms. The van der Waals surface area contributed by atoms with Crippen LogP contribution in [0.5, 0.6) is 0 Å². The van der Waals surface area contributed by atoms with Gasteiger partial charge in [0.2, 0.25) is 0 Å². The van der Waals surface area contributed by atoms with Gasteiger partial charge in [-0.1, -0.05) is 13.8 Å². The Balaban J connectivity index is 3.65. The first kappa shape index (κ1) is 19.1. The largest absolute Gasteiger partial charge is 0.395 e. The van der Waals surface area contributed by atoms with E-state index in [1.807, 2.05) is 13.8 Å². The third-order valence-electron chi connectivity index (χ3n) is 3.27. The fourth-order valence-electron chi connectivity index (χ4n) is 2.13. The molecule has 0 aliphatic carbocycles. The minimum absolute atomic E-state index is 0.742. The maximum Gasteiger partial charge on any atom is 0.334 e. The second kappa shape index (κ2) is 11.8. The predicted octanol–water partition coefficient (Wildman–Crippen LogP) is 2.88. The maximum atomic E-state index is 5.80. The molecule has 19 heavy (non-hydrogen) atoms. The summed E-state index contributed by atoms with van der Waals surface area (Å²) in [7, 11) is -1.94. The zero-order valence-electron chi connectivity index (χ0n) is 13.5. The topological polar surface area (TPSA) is 30.9 Å². The minimum atomic E-state index is -1.94. The van der Waals surface area contributed by atoms with Crippen molar-refractivity contribution in [2.24, 2.45) is 0 Å². The van der Waals surface area contributed by atoms with E-state index in [0.717, 1.165) is 58.5 Å². The highest BCUT2D eigenvalue weighted by atomic mass is 28.4. The van der Waals surface area contributed by atoms with Crippen LogP contribution >= 0.6 is 0 Å². The zero-order chi connectivity index (χ0) is 14.6. The molecule has 5 heteroatoms. The van der Waals surface area contributed by atoms with Gasteiger partial charge in [-0.25, -0.2) is 0 Å². The van der Waals surface area contributed by atoms with Crippen molar-refractivity contribution in [2.75, 3.05) is 46.1 Å². The number of nitrogens with zero attached hydrogens (tertiary/aromatic N) is 1. The normalized spacial score (nSPS) is 12.3. The van der Waals surface area contributed by atoms with Crippen molar-refractivity contribution >= 4 is 8.56 Å². The Morgan fingerprint density at radius 2 is 1.47 bits per heavy atom. The van der Waals surface area contributed by atoms with Crippen LogP contribution in [0.4, 0.5) is 0 Å². The third-order valence-corrected chi connectivity index (χ3v) is 6.33. The lowest BCUT2D eigenvalue weighted by Crippen LogP contribution is -2.38. The van der Waals surface area contributed by atoms with E-state index >= 15 is 0 Å². The molecule has 0 saturated heterocycles. The lowest BCUT2D eigenvalue weighted by molar-refractivity contribution is 0.104.